The summed E-state index contributed by atoms with van der Waals surface area (Å²) in [5.41, 5.74) is 0. The summed E-state index contributed by atoms with van der Waals surface area (Å²) in [5, 5.41) is 1.61. The van der Waals surface area contributed by atoms with Crippen LogP contribution < -0.4 is 0 Å². The summed E-state index contributed by atoms with van der Waals surface area (Å²) in [7, 11) is 0. The number of carbonyl (C=O) groups is 1. The average molecular weight is 272 g/mol. The van der Waals surface area contributed by atoms with Crippen LogP contribution in [0.3, 0.4) is 0 Å². The molecule has 0 spiro atoms. The van der Waals surface area contributed by atoms with E-state index in [4.69, 9.17) is 0 Å². The monoisotopic (exact) mass is 272 g/mol. The molecule has 5 atom stereocenters. The highest BCUT2D eigenvalue weighted by atomic mass is 32.2. The van der Waals surface area contributed by atoms with Crippen molar-refractivity contribution in [2.24, 2.45) is 11.8 Å². The Labute approximate surface area is 114 Å². The van der Waals surface area contributed by atoms with Crippen LogP contribution in [0.4, 0.5) is 0 Å². The molecular weight excluding hydrogens is 248 g/mol. The molecule has 17 heavy (non-hydrogen) atoms. The predicted octanol–water partition coefficient (Wildman–Crippen LogP) is 4.01. The maximum Gasteiger partial charge on any atom is 0.149 e. The van der Waals surface area contributed by atoms with Crippen molar-refractivity contribution in [3.05, 3.63) is 0 Å². The number of rotatable bonds is 2. The topological polar surface area (TPSA) is 17.1 Å². The summed E-state index contributed by atoms with van der Waals surface area (Å²) >= 11 is 3.91. The molecule has 5 unspecified atom stereocenters. The molecule has 0 amide bonds. The van der Waals surface area contributed by atoms with Gasteiger partial charge in [0.1, 0.15) is 5.78 Å². The highest BCUT2D eigenvalue weighted by Gasteiger charge is 2.35. The summed E-state index contributed by atoms with van der Waals surface area (Å²) in [6, 6.07) is 0. The quantitative estimate of drug-likeness (QED) is 0.756. The Morgan fingerprint density at radius 1 is 1.12 bits per heavy atom. The van der Waals surface area contributed by atoms with Crippen LogP contribution in [0.25, 0.3) is 0 Å². The SMILES string of the molecule is CC1CCCC(C(=O)C2CSC(C)C(C)S2)C1. The van der Waals surface area contributed by atoms with Gasteiger partial charge in [-0.25, -0.2) is 0 Å². The van der Waals surface area contributed by atoms with Gasteiger partial charge in [-0.15, -0.1) is 11.8 Å². The maximum absolute atomic E-state index is 12.5. The molecule has 2 aliphatic rings. The molecule has 0 bridgehead atoms. The lowest BCUT2D eigenvalue weighted by molar-refractivity contribution is -0.123. The van der Waals surface area contributed by atoms with E-state index < -0.39 is 0 Å². The molecule has 1 aliphatic carbocycles. The van der Waals surface area contributed by atoms with Crippen LogP contribution in [0.15, 0.2) is 0 Å². The van der Waals surface area contributed by atoms with Crippen molar-refractivity contribution in [1.29, 1.82) is 0 Å². The molecule has 1 aliphatic heterocycles. The van der Waals surface area contributed by atoms with E-state index in [2.05, 4.69) is 20.8 Å². The maximum atomic E-state index is 12.5. The standard InChI is InChI=1S/C14H24OS2/c1-9-5-4-6-12(7-9)14(15)13-8-16-10(2)11(3)17-13/h9-13H,4-8H2,1-3H3. The molecule has 0 aromatic heterocycles. The second kappa shape index (κ2) is 6.01. The van der Waals surface area contributed by atoms with E-state index in [0.717, 1.165) is 24.5 Å². The van der Waals surface area contributed by atoms with Gasteiger partial charge in [0, 0.05) is 22.2 Å². The number of hydrogen-bond acceptors (Lipinski definition) is 3. The van der Waals surface area contributed by atoms with Gasteiger partial charge in [-0.2, -0.15) is 11.8 Å². The lowest BCUT2D eigenvalue weighted by atomic mass is 9.79. The van der Waals surface area contributed by atoms with E-state index in [0.29, 0.717) is 22.2 Å². The van der Waals surface area contributed by atoms with Crippen molar-refractivity contribution in [1.82, 2.24) is 0 Å². The highest BCUT2D eigenvalue weighted by molar-refractivity contribution is 8.08. The van der Waals surface area contributed by atoms with E-state index in [1.54, 1.807) is 0 Å². The molecule has 1 nitrogen and oxygen atoms in total. The number of ketones is 1. The van der Waals surface area contributed by atoms with Gasteiger partial charge in [-0.1, -0.05) is 33.6 Å². The molecule has 1 saturated carbocycles. The van der Waals surface area contributed by atoms with E-state index in [1.165, 1.54) is 12.8 Å². The summed E-state index contributed by atoms with van der Waals surface area (Å²) in [4.78, 5) is 12.5. The smallest absolute Gasteiger partial charge is 0.149 e. The normalized spacial score (nSPS) is 43.4. The van der Waals surface area contributed by atoms with Gasteiger partial charge in [-0.3, -0.25) is 4.79 Å². The average Bonchev–Trinajstić information content (AvgIpc) is 2.32. The van der Waals surface area contributed by atoms with Crippen LogP contribution in [0.2, 0.25) is 0 Å². The van der Waals surface area contributed by atoms with Gasteiger partial charge >= 0.3 is 0 Å². The zero-order chi connectivity index (χ0) is 12.4. The fourth-order valence-corrected chi connectivity index (χ4v) is 5.85. The summed E-state index contributed by atoms with van der Waals surface area (Å²) in [6.45, 7) is 6.85. The van der Waals surface area contributed by atoms with Crippen molar-refractivity contribution in [3.63, 3.8) is 0 Å². The third-order valence-electron chi connectivity index (χ3n) is 4.21. The van der Waals surface area contributed by atoms with Crippen LogP contribution in [-0.4, -0.2) is 27.3 Å². The van der Waals surface area contributed by atoms with Gasteiger partial charge in [0.15, 0.2) is 0 Å². The Hall–Kier alpha value is 0.370. The molecule has 2 rings (SSSR count). The zero-order valence-electron chi connectivity index (χ0n) is 11.1. The van der Waals surface area contributed by atoms with Crippen molar-refractivity contribution in [2.45, 2.75) is 62.2 Å². The Morgan fingerprint density at radius 2 is 1.88 bits per heavy atom. The molecule has 0 aromatic rings. The molecule has 2 fully saturated rings. The molecule has 1 heterocycles. The second-order valence-electron chi connectivity index (χ2n) is 5.74. The first-order valence-corrected chi connectivity index (χ1v) is 8.88. The lowest BCUT2D eigenvalue weighted by Crippen LogP contribution is -2.36. The van der Waals surface area contributed by atoms with Gasteiger partial charge in [-0.05, 0) is 18.8 Å². The zero-order valence-corrected chi connectivity index (χ0v) is 12.8. The minimum absolute atomic E-state index is 0.279. The van der Waals surface area contributed by atoms with Crippen LogP contribution >= 0.6 is 23.5 Å². The number of Topliss-reactive ketones (excluding diaryl/α,β-unsaturated/α-hetero) is 1. The fraction of sp³-hybridized carbons (Fsp3) is 0.929. The number of thioether (sulfide) groups is 2. The van der Waals surface area contributed by atoms with Crippen LogP contribution in [0, 0.1) is 11.8 Å². The predicted molar refractivity (Wildman–Crippen MR) is 78.9 cm³/mol. The molecule has 1 saturated heterocycles. The molecule has 0 N–H and O–H groups in total. The van der Waals surface area contributed by atoms with E-state index >= 15 is 0 Å². The van der Waals surface area contributed by atoms with Crippen LogP contribution in [0.1, 0.15) is 46.5 Å². The number of hydrogen-bond donors (Lipinski definition) is 0. The molecule has 3 heteroatoms. The van der Waals surface area contributed by atoms with Gasteiger partial charge in [0.2, 0.25) is 0 Å². The van der Waals surface area contributed by atoms with Crippen molar-refractivity contribution in [2.75, 3.05) is 5.75 Å². The van der Waals surface area contributed by atoms with Gasteiger partial charge in [0.25, 0.3) is 0 Å². The highest BCUT2D eigenvalue weighted by Crippen LogP contribution is 2.39. The van der Waals surface area contributed by atoms with E-state index in [-0.39, 0.29) is 5.25 Å². The number of carbonyl (C=O) groups excluding carboxylic acids is 1. The Kier molecular flexibility index (Phi) is 4.88. The lowest BCUT2D eigenvalue weighted by Gasteiger charge is -2.34. The first-order valence-electron chi connectivity index (χ1n) is 6.88. The van der Waals surface area contributed by atoms with Gasteiger partial charge < -0.3 is 0 Å². The van der Waals surface area contributed by atoms with Crippen molar-refractivity contribution >= 4 is 29.3 Å². The van der Waals surface area contributed by atoms with Gasteiger partial charge in [0.05, 0.1) is 5.25 Å². The Balaban J connectivity index is 1.91. The Bertz CT molecular complexity index is 279. The molecular formula is C14H24OS2. The summed E-state index contributed by atoms with van der Waals surface area (Å²) in [6.07, 6.45) is 4.87. The third-order valence-corrected chi connectivity index (χ3v) is 7.61. The second-order valence-corrected chi connectivity index (χ2v) is 8.73. The minimum atomic E-state index is 0.279. The molecule has 0 radical (unpaired) electrons. The van der Waals surface area contributed by atoms with Crippen molar-refractivity contribution in [3.8, 4) is 0 Å². The molecule has 98 valence electrons. The third kappa shape index (κ3) is 3.44. The van der Waals surface area contributed by atoms with Crippen LogP contribution in [0.5, 0.6) is 0 Å². The molecule has 0 aromatic carbocycles. The van der Waals surface area contributed by atoms with Crippen molar-refractivity contribution < 1.29 is 4.79 Å². The van der Waals surface area contributed by atoms with Crippen LogP contribution in [-0.2, 0) is 4.79 Å². The minimum Gasteiger partial charge on any atom is -0.298 e. The summed E-state index contributed by atoms with van der Waals surface area (Å²) in [5.74, 6) is 2.74. The fourth-order valence-electron chi connectivity index (χ4n) is 2.89. The largest absolute Gasteiger partial charge is 0.298 e. The first-order chi connectivity index (χ1) is 8.08. The first kappa shape index (κ1) is 13.8. The van der Waals surface area contributed by atoms with E-state index in [9.17, 15) is 4.79 Å². The Morgan fingerprint density at radius 3 is 2.53 bits per heavy atom. The van der Waals surface area contributed by atoms with E-state index in [1.807, 2.05) is 23.5 Å². The summed E-state index contributed by atoms with van der Waals surface area (Å²) < 4.78 is 0.